The molecule has 0 radical (unpaired) electrons. The van der Waals surface area contributed by atoms with E-state index in [4.69, 9.17) is 11.0 Å². The van der Waals surface area contributed by atoms with E-state index in [9.17, 15) is 4.39 Å². The van der Waals surface area contributed by atoms with Gasteiger partial charge in [-0.05, 0) is 31.9 Å². The smallest absolute Gasteiger partial charge is 0.254 e. The van der Waals surface area contributed by atoms with Crippen molar-refractivity contribution in [2.45, 2.75) is 26.2 Å². The zero-order valence-corrected chi connectivity index (χ0v) is 13.2. The molecule has 3 heterocycles. The van der Waals surface area contributed by atoms with Crippen molar-refractivity contribution in [2.24, 2.45) is 0 Å². The average Bonchev–Trinajstić information content (AvgIpc) is 3.05. The number of pyridine rings is 1. The molecular formula is C16H16FN7. The maximum atomic E-state index is 12.4. The summed E-state index contributed by atoms with van der Waals surface area (Å²) in [5, 5.41) is 13.2. The molecule has 122 valence electrons. The highest BCUT2D eigenvalue weighted by molar-refractivity contribution is 5.50. The molecule has 3 aromatic rings. The largest absolute Gasteiger partial charge is 0.383 e. The molecule has 0 aliphatic carbocycles. The van der Waals surface area contributed by atoms with Gasteiger partial charge in [0, 0.05) is 23.4 Å². The topological polar surface area (TPSA) is 106 Å². The summed E-state index contributed by atoms with van der Waals surface area (Å²) in [5.41, 5.74) is 9.57. The fourth-order valence-corrected chi connectivity index (χ4v) is 2.58. The second-order valence-corrected chi connectivity index (χ2v) is 5.41. The highest BCUT2D eigenvalue weighted by Gasteiger charge is 2.14. The number of nitrogens with two attached hydrogens (primary N) is 1. The first-order valence-electron chi connectivity index (χ1n) is 7.53. The average molecular weight is 325 g/mol. The normalized spacial score (nSPS) is 10.9. The highest BCUT2D eigenvalue weighted by Crippen LogP contribution is 2.20. The SMILES string of the molecule is Cc1nc2ncnn2c(N)c1Cc1ccc(C#N)c(CCCF)n1. The van der Waals surface area contributed by atoms with Gasteiger partial charge in [0.1, 0.15) is 18.2 Å². The lowest BCUT2D eigenvalue weighted by Crippen LogP contribution is -2.10. The summed E-state index contributed by atoms with van der Waals surface area (Å²) < 4.78 is 13.9. The Hall–Kier alpha value is -3.08. The standard InChI is InChI=1S/C16H16FN7/c1-10-13(15(19)24-16(22-10)20-9-21-24)7-12-5-4-11(8-18)14(23-12)3-2-6-17/h4-5,9H,2-3,6-7,19H2,1H3. The van der Waals surface area contributed by atoms with E-state index < -0.39 is 6.67 Å². The number of nitrogen functional groups attached to an aromatic ring is 1. The van der Waals surface area contributed by atoms with Crippen LogP contribution >= 0.6 is 0 Å². The minimum absolute atomic E-state index is 0.346. The third-order valence-electron chi connectivity index (χ3n) is 3.83. The van der Waals surface area contributed by atoms with Gasteiger partial charge >= 0.3 is 0 Å². The van der Waals surface area contributed by atoms with Gasteiger partial charge in [0.15, 0.2) is 0 Å². The molecule has 0 saturated heterocycles. The Morgan fingerprint density at radius 2 is 2.17 bits per heavy atom. The number of hydrogen-bond acceptors (Lipinski definition) is 6. The summed E-state index contributed by atoms with van der Waals surface area (Å²) in [6.45, 7) is 1.42. The van der Waals surface area contributed by atoms with Gasteiger partial charge in [-0.25, -0.2) is 4.98 Å². The number of hydrogen-bond donors (Lipinski definition) is 1. The molecular weight excluding hydrogens is 309 g/mol. The molecule has 0 atom stereocenters. The quantitative estimate of drug-likeness (QED) is 0.766. The van der Waals surface area contributed by atoms with Crippen molar-refractivity contribution in [1.82, 2.24) is 24.6 Å². The molecule has 8 heteroatoms. The van der Waals surface area contributed by atoms with Crippen LogP contribution in [-0.2, 0) is 12.8 Å². The lowest BCUT2D eigenvalue weighted by Gasteiger charge is -2.11. The van der Waals surface area contributed by atoms with Crippen LogP contribution in [0.3, 0.4) is 0 Å². The maximum absolute atomic E-state index is 12.4. The second-order valence-electron chi connectivity index (χ2n) is 5.41. The van der Waals surface area contributed by atoms with E-state index in [1.165, 1.54) is 10.8 Å². The number of nitriles is 1. The van der Waals surface area contributed by atoms with E-state index in [0.29, 0.717) is 42.1 Å². The van der Waals surface area contributed by atoms with Crippen LogP contribution in [0.5, 0.6) is 0 Å². The van der Waals surface area contributed by atoms with Crippen LogP contribution in [-0.4, -0.2) is 31.2 Å². The van der Waals surface area contributed by atoms with Crippen molar-refractivity contribution in [3.8, 4) is 6.07 Å². The van der Waals surface area contributed by atoms with Gasteiger partial charge in [0.25, 0.3) is 5.78 Å². The van der Waals surface area contributed by atoms with Gasteiger partial charge in [-0.3, -0.25) is 9.37 Å². The van der Waals surface area contributed by atoms with Crippen LogP contribution in [0.1, 0.15) is 34.6 Å². The van der Waals surface area contributed by atoms with E-state index in [1.54, 1.807) is 12.1 Å². The Labute approximate surface area is 138 Å². The van der Waals surface area contributed by atoms with Crippen molar-refractivity contribution in [1.29, 1.82) is 5.26 Å². The van der Waals surface area contributed by atoms with Crippen molar-refractivity contribution >= 4 is 11.6 Å². The van der Waals surface area contributed by atoms with Gasteiger partial charge in [-0.15, -0.1) is 0 Å². The number of aryl methyl sites for hydroxylation is 2. The molecule has 0 saturated carbocycles. The molecule has 0 unspecified atom stereocenters. The molecule has 2 N–H and O–H groups in total. The van der Waals surface area contributed by atoms with E-state index in [0.717, 1.165) is 17.0 Å². The van der Waals surface area contributed by atoms with E-state index in [2.05, 4.69) is 26.1 Å². The lowest BCUT2D eigenvalue weighted by molar-refractivity contribution is 0.471. The van der Waals surface area contributed by atoms with Gasteiger partial charge in [0.05, 0.1) is 17.9 Å². The zero-order valence-electron chi connectivity index (χ0n) is 13.2. The predicted octanol–water partition coefficient (Wildman–Crippen LogP) is 1.77. The summed E-state index contributed by atoms with van der Waals surface area (Å²) in [5.74, 6) is 0.914. The van der Waals surface area contributed by atoms with E-state index in [-0.39, 0.29) is 0 Å². The van der Waals surface area contributed by atoms with Crippen molar-refractivity contribution in [3.63, 3.8) is 0 Å². The number of alkyl halides is 1. The molecule has 0 aromatic carbocycles. The Kier molecular flexibility index (Phi) is 4.33. The number of nitrogens with zero attached hydrogens (tertiary/aromatic N) is 6. The predicted molar refractivity (Wildman–Crippen MR) is 86.0 cm³/mol. The summed E-state index contributed by atoms with van der Waals surface area (Å²) in [7, 11) is 0. The van der Waals surface area contributed by atoms with Crippen LogP contribution in [0.25, 0.3) is 5.78 Å². The molecule has 0 fully saturated rings. The highest BCUT2D eigenvalue weighted by atomic mass is 19.1. The summed E-state index contributed by atoms with van der Waals surface area (Å²) in [4.78, 5) is 12.9. The molecule has 3 aromatic heterocycles. The summed E-state index contributed by atoms with van der Waals surface area (Å²) >= 11 is 0. The molecule has 0 aliphatic rings. The van der Waals surface area contributed by atoms with Crippen molar-refractivity contribution in [2.75, 3.05) is 12.4 Å². The molecule has 0 amide bonds. The Balaban J connectivity index is 1.98. The molecule has 7 nitrogen and oxygen atoms in total. The Morgan fingerprint density at radius 1 is 1.33 bits per heavy atom. The number of fused-ring (bicyclic) bond motifs is 1. The lowest BCUT2D eigenvalue weighted by atomic mass is 10.1. The van der Waals surface area contributed by atoms with Crippen LogP contribution in [0.2, 0.25) is 0 Å². The fourth-order valence-electron chi connectivity index (χ4n) is 2.58. The van der Waals surface area contributed by atoms with Crippen molar-refractivity contribution < 1.29 is 4.39 Å². The number of aromatic nitrogens is 5. The Bertz CT molecular complexity index is 926. The number of halogens is 1. The van der Waals surface area contributed by atoms with Gasteiger partial charge < -0.3 is 5.73 Å². The minimum atomic E-state index is -0.435. The monoisotopic (exact) mass is 325 g/mol. The van der Waals surface area contributed by atoms with Crippen LogP contribution in [0.15, 0.2) is 18.5 Å². The van der Waals surface area contributed by atoms with Gasteiger partial charge in [-0.2, -0.15) is 19.9 Å². The summed E-state index contributed by atoms with van der Waals surface area (Å²) in [6, 6.07) is 5.59. The van der Waals surface area contributed by atoms with E-state index >= 15 is 0 Å². The number of rotatable bonds is 5. The minimum Gasteiger partial charge on any atom is -0.383 e. The fraction of sp³-hybridized carbons (Fsp3) is 0.312. The van der Waals surface area contributed by atoms with E-state index in [1.807, 2.05) is 6.92 Å². The Morgan fingerprint density at radius 3 is 2.92 bits per heavy atom. The molecule has 24 heavy (non-hydrogen) atoms. The van der Waals surface area contributed by atoms with Crippen LogP contribution in [0, 0.1) is 18.3 Å². The first-order valence-corrected chi connectivity index (χ1v) is 7.53. The molecule has 0 spiro atoms. The zero-order chi connectivity index (χ0) is 17.1. The third-order valence-corrected chi connectivity index (χ3v) is 3.83. The third kappa shape index (κ3) is 2.88. The summed E-state index contributed by atoms with van der Waals surface area (Å²) in [6.07, 6.45) is 2.63. The maximum Gasteiger partial charge on any atom is 0.254 e. The van der Waals surface area contributed by atoms with Crippen molar-refractivity contribution in [3.05, 3.63) is 46.7 Å². The second kappa shape index (κ2) is 6.58. The first kappa shape index (κ1) is 15.8. The molecule has 3 rings (SSSR count). The van der Waals surface area contributed by atoms with Gasteiger partial charge in [-0.1, -0.05) is 0 Å². The molecule has 0 aliphatic heterocycles. The number of anilines is 1. The first-order chi connectivity index (χ1) is 11.6. The molecule has 0 bridgehead atoms. The van der Waals surface area contributed by atoms with Crippen LogP contribution in [0.4, 0.5) is 10.2 Å². The van der Waals surface area contributed by atoms with Gasteiger partial charge in [0.2, 0.25) is 0 Å². The van der Waals surface area contributed by atoms with Crippen LogP contribution < -0.4 is 5.73 Å².